The molecule has 0 aliphatic heterocycles. The molecule has 0 heterocycles. The van der Waals surface area contributed by atoms with Crippen molar-refractivity contribution in [1.82, 2.24) is 5.32 Å². The molecule has 0 aliphatic rings. The van der Waals surface area contributed by atoms with Gasteiger partial charge in [0.1, 0.15) is 6.04 Å². The van der Waals surface area contributed by atoms with Gasteiger partial charge in [0, 0.05) is 5.54 Å². The molecule has 0 saturated heterocycles. The Morgan fingerprint density at radius 3 is 2.12 bits per heavy atom. The molecule has 7 nitrogen and oxygen atoms in total. The maximum absolute atomic E-state index is 11.6. The summed E-state index contributed by atoms with van der Waals surface area (Å²) in [6, 6.07) is -0.637. The highest BCUT2D eigenvalue weighted by Gasteiger charge is 2.18. The number of nitrogens with one attached hydrogen (secondary N) is 1. The molecule has 0 radical (unpaired) electrons. The van der Waals surface area contributed by atoms with E-state index in [2.05, 4.69) is 15.3 Å². The van der Waals surface area contributed by atoms with Crippen LogP contribution in [0.1, 0.15) is 27.7 Å². The first-order valence-corrected chi connectivity index (χ1v) is 4.87. The normalized spacial score (nSPS) is 14.1. The topological polar surface area (TPSA) is 132 Å². The molecule has 0 aromatic heterocycles. The van der Waals surface area contributed by atoms with E-state index in [0.717, 1.165) is 0 Å². The van der Waals surface area contributed by atoms with Gasteiger partial charge < -0.3 is 22.5 Å². The van der Waals surface area contributed by atoms with Crippen LogP contribution >= 0.6 is 0 Å². The first-order chi connectivity index (χ1) is 7.11. The fraction of sp³-hybridized carbons (Fsp3) is 0.667. The molecule has 7 N–H and O–H groups in total. The summed E-state index contributed by atoms with van der Waals surface area (Å²) in [7, 11) is 0. The predicted molar refractivity (Wildman–Crippen MR) is 64.8 cm³/mol. The molecule has 7 heteroatoms. The third-order valence-electron chi connectivity index (χ3n) is 1.45. The Balaban J connectivity index is 4.53. The number of aliphatic imine (C=N–C) groups is 2. The van der Waals surface area contributed by atoms with Crippen LogP contribution in [0, 0.1) is 0 Å². The molecule has 0 fully saturated rings. The zero-order chi connectivity index (χ0) is 12.9. The zero-order valence-electron chi connectivity index (χ0n) is 10.1. The van der Waals surface area contributed by atoms with Crippen molar-refractivity contribution in [2.45, 2.75) is 39.3 Å². The second kappa shape index (κ2) is 5.34. The standard InChI is InChI=1S/C9H20N6O/c1-5(6(16)15-9(2,3)4)13-8(12)14-7(10)11/h5H,1-4H3,(H,15,16)(H6,10,11,12,13,14). The fourth-order valence-corrected chi connectivity index (χ4v) is 0.892. The molecular formula is C9H20N6O. The third kappa shape index (κ3) is 6.63. The van der Waals surface area contributed by atoms with E-state index in [4.69, 9.17) is 17.2 Å². The molecule has 0 bridgehead atoms. The Hall–Kier alpha value is -1.79. The summed E-state index contributed by atoms with van der Waals surface area (Å²) < 4.78 is 0. The predicted octanol–water partition coefficient (Wildman–Crippen LogP) is -1.12. The molecule has 0 aromatic carbocycles. The van der Waals surface area contributed by atoms with E-state index in [1.807, 2.05) is 20.8 Å². The smallest absolute Gasteiger partial charge is 0.245 e. The van der Waals surface area contributed by atoms with E-state index in [1.54, 1.807) is 6.92 Å². The Morgan fingerprint density at radius 2 is 1.75 bits per heavy atom. The molecular weight excluding hydrogens is 208 g/mol. The van der Waals surface area contributed by atoms with Gasteiger partial charge in [0.25, 0.3) is 0 Å². The summed E-state index contributed by atoms with van der Waals surface area (Å²) in [6.07, 6.45) is 0. The van der Waals surface area contributed by atoms with Crippen molar-refractivity contribution in [2.24, 2.45) is 27.2 Å². The minimum atomic E-state index is -0.637. The first kappa shape index (κ1) is 14.2. The molecule has 1 amide bonds. The molecule has 0 aliphatic carbocycles. The van der Waals surface area contributed by atoms with Gasteiger partial charge in [-0.1, -0.05) is 0 Å². The minimum absolute atomic E-state index is 0.114. The number of hydrogen-bond donors (Lipinski definition) is 4. The summed E-state index contributed by atoms with van der Waals surface area (Å²) >= 11 is 0. The maximum Gasteiger partial charge on any atom is 0.245 e. The Labute approximate surface area is 95.2 Å². The summed E-state index contributed by atoms with van der Waals surface area (Å²) in [5.74, 6) is -0.539. The van der Waals surface area contributed by atoms with Crippen molar-refractivity contribution < 1.29 is 4.79 Å². The second-order valence-electron chi connectivity index (χ2n) is 4.44. The first-order valence-electron chi connectivity index (χ1n) is 4.87. The van der Waals surface area contributed by atoms with Gasteiger partial charge in [-0.2, -0.15) is 4.99 Å². The Kier molecular flexibility index (Phi) is 4.74. The summed E-state index contributed by atoms with van der Waals surface area (Å²) in [5.41, 5.74) is 15.3. The van der Waals surface area contributed by atoms with Gasteiger partial charge in [0.15, 0.2) is 5.96 Å². The van der Waals surface area contributed by atoms with Crippen LogP contribution in [-0.4, -0.2) is 29.4 Å². The number of nitrogens with zero attached hydrogens (tertiary/aromatic N) is 2. The van der Waals surface area contributed by atoms with Crippen LogP contribution in [0.4, 0.5) is 0 Å². The van der Waals surface area contributed by atoms with Crippen molar-refractivity contribution in [3.63, 3.8) is 0 Å². The lowest BCUT2D eigenvalue weighted by Gasteiger charge is -2.21. The average Bonchev–Trinajstić information content (AvgIpc) is 1.98. The van der Waals surface area contributed by atoms with Crippen molar-refractivity contribution in [2.75, 3.05) is 0 Å². The lowest BCUT2D eigenvalue weighted by Crippen LogP contribution is -2.45. The number of guanidine groups is 2. The highest BCUT2D eigenvalue weighted by molar-refractivity contribution is 5.94. The van der Waals surface area contributed by atoms with Crippen molar-refractivity contribution in [1.29, 1.82) is 0 Å². The van der Waals surface area contributed by atoms with Crippen LogP contribution in [0.5, 0.6) is 0 Å². The summed E-state index contributed by atoms with van der Waals surface area (Å²) in [6.45, 7) is 7.23. The SMILES string of the molecule is CC(N=C(N)N=C(N)N)C(=O)NC(C)(C)C. The lowest BCUT2D eigenvalue weighted by molar-refractivity contribution is -0.123. The van der Waals surface area contributed by atoms with Gasteiger partial charge in [-0.25, -0.2) is 4.99 Å². The quantitative estimate of drug-likeness (QED) is 0.352. The molecule has 0 aromatic rings. The van der Waals surface area contributed by atoms with Crippen LogP contribution in [0.3, 0.4) is 0 Å². The highest BCUT2D eigenvalue weighted by atomic mass is 16.2. The van der Waals surface area contributed by atoms with Gasteiger partial charge >= 0.3 is 0 Å². The monoisotopic (exact) mass is 228 g/mol. The molecule has 0 saturated carbocycles. The molecule has 0 rings (SSSR count). The molecule has 1 atom stereocenters. The fourth-order valence-electron chi connectivity index (χ4n) is 0.892. The number of hydrogen-bond acceptors (Lipinski definition) is 2. The lowest BCUT2D eigenvalue weighted by atomic mass is 10.1. The summed E-state index contributed by atoms with van der Waals surface area (Å²) in [5, 5.41) is 2.77. The van der Waals surface area contributed by atoms with Crippen LogP contribution in [0.2, 0.25) is 0 Å². The molecule has 1 unspecified atom stereocenters. The average molecular weight is 228 g/mol. The third-order valence-corrected chi connectivity index (χ3v) is 1.45. The Bertz CT molecular complexity index is 310. The number of rotatable bonds is 2. The van der Waals surface area contributed by atoms with E-state index < -0.39 is 6.04 Å². The van der Waals surface area contributed by atoms with Crippen LogP contribution in [0.25, 0.3) is 0 Å². The van der Waals surface area contributed by atoms with Gasteiger partial charge in [0.2, 0.25) is 11.9 Å². The second-order valence-corrected chi connectivity index (χ2v) is 4.44. The molecule has 0 spiro atoms. The van der Waals surface area contributed by atoms with Crippen molar-refractivity contribution in [3.8, 4) is 0 Å². The van der Waals surface area contributed by atoms with Gasteiger partial charge in [-0.15, -0.1) is 0 Å². The summed E-state index contributed by atoms with van der Waals surface area (Å²) in [4.78, 5) is 18.9. The largest absolute Gasteiger partial charge is 0.370 e. The highest BCUT2D eigenvalue weighted by Crippen LogP contribution is 2.01. The van der Waals surface area contributed by atoms with E-state index in [0.29, 0.717) is 0 Å². The molecule has 92 valence electrons. The van der Waals surface area contributed by atoms with Gasteiger partial charge in [0.05, 0.1) is 0 Å². The number of nitrogens with two attached hydrogens (primary N) is 3. The number of amides is 1. The van der Waals surface area contributed by atoms with E-state index in [-0.39, 0.29) is 23.4 Å². The van der Waals surface area contributed by atoms with Gasteiger partial charge in [-0.3, -0.25) is 4.79 Å². The Morgan fingerprint density at radius 1 is 1.25 bits per heavy atom. The van der Waals surface area contributed by atoms with Crippen LogP contribution < -0.4 is 22.5 Å². The van der Waals surface area contributed by atoms with Crippen LogP contribution in [-0.2, 0) is 4.79 Å². The van der Waals surface area contributed by atoms with E-state index >= 15 is 0 Å². The van der Waals surface area contributed by atoms with Crippen molar-refractivity contribution in [3.05, 3.63) is 0 Å². The van der Waals surface area contributed by atoms with Gasteiger partial charge in [-0.05, 0) is 27.7 Å². The number of carbonyl (C=O) groups excluding carboxylic acids is 1. The van der Waals surface area contributed by atoms with E-state index in [9.17, 15) is 4.79 Å². The minimum Gasteiger partial charge on any atom is -0.370 e. The zero-order valence-corrected chi connectivity index (χ0v) is 10.1. The number of carbonyl (C=O) groups is 1. The maximum atomic E-state index is 11.6. The van der Waals surface area contributed by atoms with E-state index in [1.165, 1.54) is 0 Å². The molecule has 16 heavy (non-hydrogen) atoms. The van der Waals surface area contributed by atoms with Crippen LogP contribution in [0.15, 0.2) is 9.98 Å². The van der Waals surface area contributed by atoms with Crippen molar-refractivity contribution >= 4 is 17.8 Å².